The van der Waals surface area contributed by atoms with Gasteiger partial charge in [-0.1, -0.05) is 46.3 Å². The molecule has 0 aliphatic carbocycles. The Balaban J connectivity index is 1.57. The molecule has 0 saturated heterocycles. The van der Waals surface area contributed by atoms with Gasteiger partial charge in [-0.2, -0.15) is 0 Å². The van der Waals surface area contributed by atoms with Gasteiger partial charge in [0.25, 0.3) is 5.56 Å². The van der Waals surface area contributed by atoms with Crippen molar-refractivity contribution in [2.45, 2.75) is 13.0 Å². The van der Waals surface area contributed by atoms with Crippen molar-refractivity contribution < 1.29 is 14.3 Å². The third kappa shape index (κ3) is 3.93. The number of amides is 1. The van der Waals surface area contributed by atoms with E-state index in [1.54, 1.807) is 23.9 Å². The van der Waals surface area contributed by atoms with Crippen molar-refractivity contribution in [1.82, 2.24) is 9.36 Å². The van der Waals surface area contributed by atoms with Crippen LogP contribution < -0.4 is 20.3 Å². The van der Waals surface area contributed by atoms with E-state index in [0.29, 0.717) is 40.7 Å². The monoisotopic (exact) mass is 505 g/mol. The summed E-state index contributed by atoms with van der Waals surface area (Å²) in [5, 5.41) is 2.87. The van der Waals surface area contributed by atoms with Crippen LogP contribution >= 0.6 is 15.9 Å². The van der Waals surface area contributed by atoms with Gasteiger partial charge in [-0.25, -0.2) is 9.36 Å². The largest absolute Gasteiger partial charge is 0.495 e. The molecule has 8 heteroatoms. The second kappa shape index (κ2) is 8.63. The summed E-state index contributed by atoms with van der Waals surface area (Å²) < 4.78 is 15.5. The normalized spacial score (nSPS) is 11.8. The number of carbonyl (C=O) groups excluding carboxylic acids is 1. The number of aromatic nitrogens is 2. The molecule has 33 heavy (non-hydrogen) atoms. The van der Waals surface area contributed by atoms with Crippen LogP contribution in [0.4, 0.5) is 5.69 Å². The number of benzene rings is 3. The molecular formula is C25H20BrN3O4. The molecule has 1 aliphatic heterocycles. The average Bonchev–Trinajstić information content (AvgIpc) is 3.09. The van der Waals surface area contributed by atoms with E-state index in [-0.39, 0.29) is 18.0 Å². The zero-order valence-electron chi connectivity index (χ0n) is 17.7. The molecule has 0 unspecified atom stereocenters. The van der Waals surface area contributed by atoms with Crippen molar-refractivity contribution in [3.05, 3.63) is 98.7 Å². The molecule has 4 aromatic rings. The topological polar surface area (TPSA) is 74.5 Å². The van der Waals surface area contributed by atoms with E-state index < -0.39 is 0 Å². The first-order chi connectivity index (χ1) is 16.0. The highest BCUT2D eigenvalue weighted by molar-refractivity contribution is 9.10. The highest BCUT2D eigenvalue weighted by atomic mass is 79.9. The van der Waals surface area contributed by atoms with E-state index in [9.17, 15) is 9.59 Å². The minimum atomic E-state index is -0.313. The maximum atomic E-state index is 13.5. The van der Waals surface area contributed by atoms with Crippen LogP contribution in [0.25, 0.3) is 5.69 Å². The number of halogens is 1. The zero-order valence-corrected chi connectivity index (χ0v) is 19.3. The summed E-state index contributed by atoms with van der Waals surface area (Å²) >= 11 is 3.47. The number of nitrogens with zero attached hydrogens (tertiary/aromatic N) is 2. The molecule has 0 atom stereocenters. The van der Waals surface area contributed by atoms with Crippen LogP contribution in [-0.2, 0) is 17.8 Å². The molecule has 1 amide bonds. The number of ether oxygens (including phenoxy) is 2. The number of methoxy groups -OCH3 is 1. The van der Waals surface area contributed by atoms with Gasteiger partial charge < -0.3 is 14.8 Å². The van der Waals surface area contributed by atoms with Gasteiger partial charge >= 0.3 is 0 Å². The fraction of sp³-hybridized carbons (Fsp3) is 0.120. The molecule has 0 spiro atoms. The van der Waals surface area contributed by atoms with Crippen LogP contribution in [-0.4, -0.2) is 22.4 Å². The fourth-order valence-electron chi connectivity index (χ4n) is 3.96. The number of hydrogen-bond donors (Lipinski definition) is 1. The molecule has 1 N–H and O–H groups in total. The van der Waals surface area contributed by atoms with Crippen LogP contribution in [0.15, 0.2) is 82.1 Å². The number of fused-ring (bicyclic) bond motifs is 2. The highest BCUT2D eigenvalue weighted by Crippen LogP contribution is 2.37. The molecule has 0 bridgehead atoms. The van der Waals surface area contributed by atoms with Gasteiger partial charge in [0, 0.05) is 16.5 Å². The van der Waals surface area contributed by atoms with Crippen LogP contribution in [0.5, 0.6) is 17.4 Å². The van der Waals surface area contributed by atoms with E-state index >= 15 is 0 Å². The molecule has 2 heterocycles. The summed E-state index contributed by atoms with van der Waals surface area (Å²) in [6.07, 6.45) is 0.414. The zero-order chi connectivity index (χ0) is 22.9. The van der Waals surface area contributed by atoms with Crippen molar-refractivity contribution >= 4 is 27.5 Å². The average molecular weight is 506 g/mol. The second-order valence-electron chi connectivity index (χ2n) is 7.57. The van der Waals surface area contributed by atoms with Gasteiger partial charge in [0.2, 0.25) is 11.8 Å². The standard InChI is InChI=1S/C25H20BrN3O4/c1-32-22-10-6-5-9-20(22)27-23(30)15-28-25-19(14-16-13-17(26)11-12-21(16)33-25)24(31)29(28)18-7-3-2-4-8-18/h2-13H,14-15H2,1H3,(H,27,30). The minimum absolute atomic E-state index is 0.122. The van der Waals surface area contributed by atoms with E-state index in [0.717, 1.165) is 10.0 Å². The third-order valence-corrected chi connectivity index (χ3v) is 5.95. The van der Waals surface area contributed by atoms with Gasteiger partial charge in [0.05, 0.1) is 24.0 Å². The highest BCUT2D eigenvalue weighted by Gasteiger charge is 2.29. The van der Waals surface area contributed by atoms with E-state index in [4.69, 9.17) is 9.47 Å². The molecule has 1 aromatic heterocycles. The maximum absolute atomic E-state index is 13.5. The third-order valence-electron chi connectivity index (χ3n) is 5.46. The first-order valence-corrected chi connectivity index (χ1v) is 11.1. The smallest absolute Gasteiger partial charge is 0.278 e. The number of rotatable bonds is 5. The van der Waals surface area contributed by atoms with Gasteiger partial charge in [0.15, 0.2) is 0 Å². The first kappa shape index (κ1) is 21.1. The lowest BCUT2D eigenvalue weighted by Gasteiger charge is -2.20. The van der Waals surface area contributed by atoms with Gasteiger partial charge in [-0.3, -0.25) is 9.59 Å². The summed E-state index contributed by atoms with van der Waals surface area (Å²) in [5.74, 6) is 1.27. The molecule has 166 valence electrons. The van der Waals surface area contributed by atoms with Crippen molar-refractivity contribution in [3.63, 3.8) is 0 Å². The number of hydrogen-bond acceptors (Lipinski definition) is 4. The quantitative estimate of drug-likeness (QED) is 0.374. The van der Waals surface area contributed by atoms with E-state index in [1.165, 1.54) is 4.68 Å². The van der Waals surface area contributed by atoms with Crippen LogP contribution in [0.3, 0.4) is 0 Å². The predicted octanol–water partition coefficient (Wildman–Crippen LogP) is 4.75. The molecule has 7 nitrogen and oxygen atoms in total. The summed E-state index contributed by atoms with van der Waals surface area (Å²) in [6, 6.07) is 22.1. The van der Waals surface area contributed by atoms with E-state index in [1.807, 2.05) is 60.7 Å². The van der Waals surface area contributed by atoms with Gasteiger partial charge in [0.1, 0.15) is 18.0 Å². The number of carbonyl (C=O) groups is 1. The first-order valence-electron chi connectivity index (χ1n) is 10.3. The lowest BCUT2D eigenvalue weighted by Crippen LogP contribution is -2.27. The minimum Gasteiger partial charge on any atom is -0.495 e. The Hall–Kier alpha value is -3.78. The molecule has 0 fully saturated rings. The number of para-hydroxylation sites is 3. The lowest BCUT2D eigenvalue weighted by atomic mass is 10.0. The Morgan fingerprint density at radius 3 is 2.64 bits per heavy atom. The molecule has 0 saturated carbocycles. The number of nitrogens with one attached hydrogen (secondary N) is 1. The Morgan fingerprint density at radius 1 is 1.09 bits per heavy atom. The van der Waals surface area contributed by atoms with Gasteiger partial charge in [-0.15, -0.1) is 0 Å². The van der Waals surface area contributed by atoms with Crippen molar-refractivity contribution in [1.29, 1.82) is 0 Å². The van der Waals surface area contributed by atoms with Crippen LogP contribution in [0.1, 0.15) is 11.1 Å². The summed E-state index contributed by atoms with van der Waals surface area (Å²) in [4.78, 5) is 26.5. The molecule has 1 aliphatic rings. The van der Waals surface area contributed by atoms with Crippen molar-refractivity contribution in [3.8, 4) is 23.1 Å². The van der Waals surface area contributed by atoms with Crippen molar-refractivity contribution in [2.75, 3.05) is 12.4 Å². The second-order valence-corrected chi connectivity index (χ2v) is 8.49. The van der Waals surface area contributed by atoms with E-state index in [2.05, 4.69) is 21.2 Å². The summed E-state index contributed by atoms with van der Waals surface area (Å²) in [5.41, 5.74) is 2.40. The molecular weight excluding hydrogens is 486 g/mol. The van der Waals surface area contributed by atoms with Crippen molar-refractivity contribution in [2.24, 2.45) is 0 Å². The Morgan fingerprint density at radius 2 is 1.85 bits per heavy atom. The predicted molar refractivity (Wildman–Crippen MR) is 129 cm³/mol. The lowest BCUT2D eigenvalue weighted by molar-refractivity contribution is -0.117. The molecule has 0 radical (unpaired) electrons. The van der Waals surface area contributed by atoms with Crippen LogP contribution in [0.2, 0.25) is 0 Å². The SMILES string of the molecule is COc1ccccc1NC(=O)Cn1c2c(c(=O)n1-c1ccccc1)Cc1cc(Br)ccc1O2. The Labute approximate surface area is 198 Å². The molecule has 3 aromatic carbocycles. The maximum Gasteiger partial charge on any atom is 0.278 e. The van der Waals surface area contributed by atoms with Gasteiger partial charge in [-0.05, 0) is 42.5 Å². The fourth-order valence-corrected chi connectivity index (χ4v) is 4.37. The summed E-state index contributed by atoms with van der Waals surface area (Å²) in [6.45, 7) is -0.122. The van der Waals surface area contributed by atoms with Crippen LogP contribution in [0, 0.1) is 0 Å². The molecule has 5 rings (SSSR count). The summed E-state index contributed by atoms with van der Waals surface area (Å²) in [7, 11) is 1.55. The Bertz CT molecular complexity index is 1410. The number of anilines is 1. The Kier molecular flexibility index (Phi) is 5.51.